The van der Waals surface area contributed by atoms with E-state index in [1.165, 1.54) is 13.2 Å². The van der Waals surface area contributed by atoms with Gasteiger partial charge in [-0.05, 0) is 43.0 Å². The maximum absolute atomic E-state index is 14.3. The topological polar surface area (TPSA) is 58.2 Å². The number of fused-ring (bicyclic) bond motifs is 1. The van der Waals surface area contributed by atoms with Crippen LogP contribution in [0.1, 0.15) is 29.0 Å². The monoisotopic (exact) mass is 367 g/mol. The van der Waals surface area contributed by atoms with Gasteiger partial charge in [-0.1, -0.05) is 18.2 Å². The highest BCUT2D eigenvalue weighted by atomic mass is 19.1. The van der Waals surface area contributed by atoms with Crippen molar-refractivity contribution in [3.63, 3.8) is 0 Å². The number of carbonyl (C=O) groups is 1. The molecular weight excluding hydrogens is 345 g/mol. The number of H-pyrrole nitrogens is 1. The number of nitrogens with zero attached hydrogens (tertiary/aromatic N) is 2. The molecule has 1 N–H and O–H groups in total. The summed E-state index contributed by atoms with van der Waals surface area (Å²) in [6.45, 7) is 1.22. The number of piperidine rings is 1. The van der Waals surface area contributed by atoms with Crippen molar-refractivity contribution in [2.24, 2.45) is 5.92 Å². The van der Waals surface area contributed by atoms with E-state index in [0.717, 1.165) is 36.1 Å². The van der Waals surface area contributed by atoms with Gasteiger partial charge in [0.15, 0.2) is 0 Å². The van der Waals surface area contributed by atoms with Crippen molar-refractivity contribution in [1.82, 2.24) is 14.9 Å². The number of nitrogens with one attached hydrogen (secondary N) is 1. The number of halogens is 1. The van der Waals surface area contributed by atoms with Gasteiger partial charge in [-0.25, -0.2) is 9.37 Å². The number of carbonyl (C=O) groups excluding carboxylic acids is 1. The lowest BCUT2D eigenvalue weighted by molar-refractivity contribution is 0.0664. The second-order valence-corrected chi connectivity index (χ2v) is 6.98. The van der Waals surface area contributed by atoms with E-state index in [2.05, 4.69) is 9.97 Å². The number of benzene rings is 2. The molecule has 0 saturated carbocycles. The van der Waals surface area contributed by atoms with E-state index < -0.39 is 5.82 Å². The Kier molecular flexibility index (Phi) is 4.79. The van der Waals surface area contributed by atoms with Crippen molar-refractivity contribution in [3.05, 3.63) is 59.7 Å². The molecule has 4 rings (SSSR count). The molecule has 1 atom stereocenters. The molecule has 1 aliphatic heterocycles. The smallest absolute Gasteiger partial charge is 0.260 e. The first-order valence-electron chi connectivity index (χ1n) is 9.21. The molecule has 1 fully saturated rings. The Morgan fingerprint density at radius 1 is 1.30 bits per heavy atom. The summed E-state index contributed by atoms with van der Waals surface area (Å²) in [7, 11) is 1.45. The van der Waals surface area contributed by atoms with Crippen LogP contribution >= 0.6 is 0 Å². The Bertz CT molecular complexity index is 936. The number of aromatic amines is 1. The lowest BCUT2D eigenvalue weighted by Crippen LogP contribution is -2.41. The maximum Gasteiger partial charge on any atom is 0.260 e. The number of methoxy groups -OCH3 is 1. The van der Waals surface area contributed by atoms with Crippen LogP contribution in [-0.4, -0.2) is 41.0 Å². The second-order valence-electron chi connectivity index (χ2n) is 6.98. The number of hydrogen-bond donors (Lipinski definition) is 1. The van der Waals surface area contributed by atoms with Crippen molar-refractivity contribution in [2.75, 3.05) is 20.2 Å². The van der Waals surface area contributed by atoms with Crippen molar-refractivity contribution < 1.29 is 13.9 Å². The highest BCUT2D eigenvalue weighted by molar-refractivity contribution is 5.97. The largest absolute Gasteiger partial charge is 0.496 e. The summed E-state index contributed by atoms with van der Waals surface area (Å²) in [5.41, 5.74) is 1.99. The summed E-state index contributed by atoms with van der Waals surface area (Å²) >= 11 is 0. The standard InChI is InChI=1S/C21H22FN3O2/c1-27-18-10-4-7-15(22)20(18)21(26)25-11-5-6-14(13-25)12-19-23-16-8-2-3-9-17(16)24-19/h2-4,7-10,14H,5-6,11-13H2,1H3,(H,23,24)/t14-/m1/s1. The lowest BCUT2D eigenvalue weighted by atomic mass is 9.94. The number of imidazole rings is 1. The Morgan fingerprint density at radius 2 is 2.15 bits per heavy atom. The average molecular weight is 367 g/mol. The third kappa shape index (κ3) is 3.52. The van der Waals surface area contributed by atoms with Crippen LogP contribution in [-0.2, 0) is 6.42 Å². The van der Waals surface area contributed by atoms with Gasteiger partial charge in [0, 0.05) is 19.5 Å². The predicted molar refractivity (Wildman–Crippen MR) is 101 cm³/mol. The first-order chi connectivity index (χ1) is 13.2. The number of hydrogen-bond acceptors (Lipinski definition) is 3. The molecule has 1 aromatic heterocycles. The molecule has 0 bridgehead atoms. The molecule has 2 heterocycles. The van der Waals surface area contributed by atoms with Crippen LogP contribution < -0.4 is 4.74 Å². The van der Waals surface area contributed by atoms with Gasteiger partial charge in [-0.3, -0.25) is 4.79 Å². The molecule has 2 aromatic carbocycles. The van der Waals surface area contributed by atoms with E-state index >= 15 is 0 Å². The quantitative estimate of drug-likeness (QED) is 0.763. The lowest BCUT2D eigenvalue weighted by Gasteiger charge is -2.33. The summed E-state index contributed by atoms with van der Waals surface area (Å²) in [5, 5.41) is 0. The number of ether oxygens (including phenoxy) is 1. The summed E-state index contributed by atoms with van der Waals surface area (Å²) in [4.78, 5) is 22.6. The van der Waals surface area contributed by atoms with Gasteiger partial charge < -0.3 is 14.6 Å². The third-order valence-electron chi connectivity index (χ3n) is 5.14. The van der Waals surface area contributed by atoms with Crippen molar-refractivity contribution >= 4 is 16.9 Å². The van der Waals surface area contributed by atoms with Gasteiger partial charge in [0.05, 0.1) is 18.1 Å². The van der Waals surface area contributed by atoms with E-state index in [4.69, 9.17) is 4.74 Å². The minimum absolute atomic E-state index is 0.0180. The molecule has 1 saturated heterocycles. The van der Waals surface area contributed by atoms with Gasteiger partial charge in [0.1, 0.15) is 23.0 Å². The molecule has 0 unspecified atom stereocenters. The Hall–Kier alpha value is -2.89. The van der Waals surface area contributed by atoms with E-state index in [-0.39, 0.29) is 17.2 Å². The second kappa shape index (κ2) is 7.39. The maximum atomic E-state index is 14.3. The number of aromatic nitrogens is 2. The average Bonchev–Trinajstić information content (AvgIpc) is 3.09. The fraction of sp³-hybridized carbons (Fsp3) is 0.333. The molecule has 3 aromatic rings. The fourth-order valence-corrected chi connectivity index (χ4v) is 3.83. The summed E-state index contributed by atoms with van der Waals surface area (Å²) in [6.07, 6.45) is 2.69. The van der Waals surface area contributed by atoms with Crippen LogP contribution in [0.5, 0.6) is 5.75 Å². The van der Waals surface area contributed by atoms with Crippen LogP contribution in [0.15, 0.2) is 42.5 Å². The van der Waals surface area contributed by atoms with Crippen molar-refractivity contribution in [2.45, 2.75) is 19.3 Å². The molecule has 1 amide bonds. The number of rotatable bonds is 4. The highest BCUT2D eigenvalue weighted by Gasteiger charge is 2.28. The van der Waals surface area contributed by atoms with Gasteiger partial charge in [0.2, 0.25) is 0 Å². The zero-order valence-corrected chi connectivity index (χ0v) is 15.2. The first kappa shape index (κ1) is 17.5. The van der Waals surface area contributed by atoms with E-state index in [9.17, 15) is 9.18 Å². The van der Waals surface area contributed by atoms with Gasteiger partial charge in [-0.2, -0.15) is 0 Å². The molecule has 1 aliphatic rings. The van der Waals surface area contributed by atoms with Gasteiger partial charge >= 0.3 is 0 Å². The molecule has 0 radical (unpaired) electrons. The zero-order chi connectivity index (χ0) is 18.8. The molecular formula is C21H22FN3O2. The van der Waals surface area contributed by atoms with Crippen molar-refractivity contribution in [1.29, 1.82) is 0 Å². The molecule has 6 heteroatoms. The van der Waals surface area contributed by atoms with Crippen LogP contribution in [0.4, 0.5) is 4.39 Å². The number of likely N-dealkylation sites (tertiary alicyclic amines) is 1. The number of para-hydroxylation sites is 2. The summed E-state index contributed by atoms with van der Waals surface area (Å²) in [6, 6.07) is 12.4. The third-order valence-corrected chi connectivity index (χ3v) is 5.14. The fourth-order valence-electron chi connectivity index (χ4n) is 3.83. The minimum Gasteiger partial charge on any atom is -0.496 e. The SMILES string of the molecule is COc1cccc(F)c1C(=O)N1CCC[C@H](Cc2nc3ccccc3[nH]2)C1. The van der Waals surface area contributed by atoms with Gasteiger partial charge in [0.25, 0.3) is 5.91 Å². The van der Waals surface area contributed by atoms with E-state index in [0.29, 0.717) is 19.0 Å². The molecule has 0 aliphatic carbocycles. The van der Waals surface area contributed by atoms with Crippen LogP contribution in [0.3, 0.4) is 0 Å². The van der Waals surface area contributed by atoms with Crippen LogP contribution in [0, 0.1) is 11.7 Å². The number of amides is 1. The highest BCUT2D eigenvalue weighted by Crippen LogP contribution is 2.27. The van der Waals surface area contributed by atoms with Crippen LogP contribution in [0.2, 0.25) is 0 Å². The first-order valence-corrected chi connectivity index (χ1v) is 9.21. The molecule has 0 spiro atoms. The molecule has 5 nitrogen and oxygen atoms in total. The molecule has 27 heavy (non-hydrogen) atoms. The van der Waals surface area contributed by atoms with Crippen molar-refractivity contribution in [3.8, 4) is 5.75 Å². The predicted octanol–water partition coefficient (Wildman–Crippen LogP) is 3.81. The summed E-state index contributed by atoms with van der Waals surface area (Å²) < 4.78 is 19.5. The Balaban J connectivity index is 1.50. The minimum atomic E-state index is -0.543. The zero-order valence-electron chi connectivity index (χ0n) is 15.2. The van der Waals surface area contributed by atoms with E-state index in [1.807, 2.05) is 24.3 Å². The van der Waals surface area contributed by atoms with Gasteiger partial charge in [-0.15, -0.1) is 0 Å². The summed E-state index contributed by atoms with van der Waals surface area (Å²) in [5.74, 6) is 0.650. The molecule has 140 valence electrons. The van der Waals surface area contributed by atoms with E-state index in [1.54, 1.807) is 17.0 Å². The Labute approximate surface area is 157 Å². The normalized spacial score (nSPS) is 17.3. The van der Waals surface area contributed by atoms with Crippen LogP contribution in [0.25, 0.3) is 11.0 Å². The Morgan fingerprint density at radius 3 is 2.96 bits per heavy atom.